The normalized spacial score (nSPS) is 22.2. The summed E-state index contributed by atoms with van der Waals surface area (Å²) in [5.41, 5.74) is 5.89. The van der Waals surface area contributed by atoms with Crippen LogP contribution in [0, 0.1) is 5.82 Å². The van der Waals surface area contributed by atoms with E-state index in [0.29, 0.717) is 17.4 Å². The van der Waals surface area contributed by atoms with Gasteiger partial charge in [-0.2, -0.15) is 4.31 Å². The number of sulfonamides is 1. The fourth-order valence-electron chi connectivity index (χ4n) is 2.58. The van der Waals surface area contributed by atoms with E-state index in [1.54, 1.807) is 6.92 Å². The number of piperidine rings is 1. The van der Waals surface area contributed by atoms with Crippen molar-refractivity contribution in [3.63, 3.8) is 0 Å². The minimum Gasteiger partial charge on any atom is -0.326 e. The minimum atomic E-state index is -3.95. The molecule has 1 aromatic carbocycles. The molecule has 0 amide bonds. The van der Waals surface area contributed by atoms with E-state index in [9.17, 15) is 12.8 Å². The first-order valence-corrected chi connectivity index (χ1v) is 9.28. The molecular formula is C13H17BrClFN2O2S. The van der Waals surface area contributed by atoms with Crippen molar-refractivity contribution in [1.29, 1.82) is 0 Å². The Morgan fingerprint density at radius 2 is 2.14 bits per heavy atom. The van der Waals surface area contributed by atoms with Gasteiger partial charge in [0, 0.05) is 23.1 Å². The lowest BCUT2D eigenvalue weighted by atomic mass is 10.00. The minimum absolute atomic E-state index is 0.157. The number of nitrogens with zero attached hydrogens (tertiary/aromatic N) is 1. The number of hydrogen-bond acceptors (Lipinski definition) is 3. The highest BCUT2D eigenvalue weighted by atomic mass is 79.9. The molecule has 2 N–H and O–H groups in total. The van der Waals surface area contributed by atoms with Gasteiger partial charge in [-0.1, -0.05) is 18.0 Å². The second kappa shape index (κ2) is 6.50. The molecule has 0 bridgehead atoms. The summed E-state index contributed by atoms with van der Waals surface area (Å²) >= 11 is 8.99. The van der Waals surface area contributed by atoms with Crippen LogP contribution in [0.3, 0.4) is 0 Å². The standard InChI is InChI=1S/C13H17BrClFN2O2S/c1-8(17)12-4-2-3-5-18(12)21(19,20)13-7-10(15)9(14)6-11(13)16/h6-8,12H,2-5,17H2,1H3. The highest BCUT2D eigenvalue weighted by Crippen LogP contribution is 2.32. The monoisotopic (exact) mass is 398 g/mol. The van der Waals surface area contributed by atoms with Crippen LogP contribution in [0.4, 0.5) is 4.39 Å². The summed E-state index contributed by atoms with van der Waals surface area (Å²) in [7, 11) is -3.95. The second-order valence-electron chi connectivity index (χ2n) is 5.23. The SMILES string of the molecule is CC(N)C1CCCCN1S(=O)(=O)c1cc(Cl)c(Br)cc1F. The molecule has 8 heteroatoms. The van der Waals surface area contributed by atoms with Gasteiger partial charge in [0.1, 0.15) is 10.7 Å². The summed E-state index contributed by atoms with van der Waals surface area (Å²) in [6, 6.07) is 1.59. The lowest BCUT2D eigenvalue weighted by Crippen LogP contribution is -2.51. The van der Waals surface area contributed by atoms with Crippen LogP contribution < -0.4 is 5.73 Å². The number of hydrogen-bond donors (Lipinski definition) is 1. The lowest BCUT2D eigenvalue weighted by molar-refractivity contribution is 0.226. The van der Waals surface area contributed by atoms with E-state index in [0.717, 1.165) is 25.0 Å². The third-order valence-electron chi connectivity index (χ3n) is 3.67. The molecular weight excluding hydrogens is 383 g/mol. The van der Waals surface area contributed by atoms with Crippen molar-refractivity contribution in [2.75, 3.05) is 6.54 Å². The summed E-state index contributed by atoms with van der Waals surface area (Å²) in [6.07, 6.45) is 2.35. The second-order valence-corrected chi connectivity index (χ2v) is 8.36. The Labute approximate surface area is 137 Å². The maximum Gasteiger partial charge on any atom is 0.246 e. The summed E-state index contributed by atoms with van der Waals surface area (Å²) in [6.45, 7) is 2.12. The first-order valence-electron chi connectivity index (χ1n) is 6.67. The van der Waals surface area contributed by atoms with Crippen LogP contribution in [0.1, 0.15) is 26.2 Å². The van der Waals surface area contributed by atoms with E-state index in [2.05, 4.69) is 15.9 Å². The predicted molar refractivity (Wildman–Crippen MR) is 84.3 cm³/mol. The zero-order valence-electron chi connectivity index (χ0n) is 11.5. The Hall–Kier alpha value is -0.210. The summed E-state index contributed by atoms with van der Waals surface area (Å²) < 4.78 is 41.2. The molecule has 1 aliphatic heterocycles. The van der Waals surface area contributed by atoms with Crippen molar-refractivity contribution in [3.8, 4) is 0 Å². The molecule has 0 saturated carbocycles. The van der Waals surface area contributed by atoms with E-state index in [-0.39, 0.29) is 17.1 Å². The van der Waals surface area contributed by atoms with E-state index in [4.69, 9.17) is 17.3 Å². The Kier molecular flexibility index (Phi) is 5.31. The molecule has 21 heavy (non-hydrogen) atoms. The summed E-state index contributed by atoms with van der Waals surface area (Å²) in [5.74, 6) is -0.819. The van der Waals surface area contributed by atoms with E-state index >= 15 is 0 Å². The highest BCUT2D eigenvalue weighted by molar-refractivity contribution is 9.10. The largest absolute Gasteiger partial charge is 0.326 e. The van der Waals surface area contributed by atoms with Gasteiger partial charge >= 0.3 is 0 Å². The molecule has 2 rings (SSSR count). The lowest BCUT2D eigenvalue weighted by Gasteiger charge is -2.36. The smallest absolute Gasteiger partial charge is 0.246 e. The molecule has 118 valence electrons. The molecule has 0 aliphatic carbocycles. The van der Waals surface area contributed by atoms with Crippen molar-refractivity contribution in [2.24, 2.45) is 5.73 Å². The molecule has 0 spiro atoms. The van der Waals surface area contributed by atoms with Crippen LogP contribution in [0.25, 0.3) is 0 Å². The van der Waals surface area contributed by atoms with E-state index in [1.165, 1.54) is 4.31 Å². The fraction of sp³-hybridized carbons (Fsp3) is 0.538. The van der Waals surface area contributed by atoms with Crippen molar-refractivity contribution < 1.29 is 12.8 Å². The number of rotatable bonds is 3. The van der Waals surface area contributed by atoms with Crippen molar-refractivity contribution in [1.82, 2.24) is 4.31 Å². The van der Waals surface area contributed by atoms with Gasteiger partial charge in [0.25, 0.3) is 0 Å². The van der Waals surface area contributed by atoms with E-state index < -0.39 is 20.7 Å². The zero-order chi connectivity index (χ0) is 15.8. The van der Waals surface area contributed by atoms with Gasteiger partial charge in [-0.25, -0.2) is 12.8 Å². The molecule has 4 nitrogen and oxygen atoms in total. The molecule has 2 unspecified atom stereocenters. The highest BCUT2D eigenvalue weighted by Gasteiger charge is 2.37. The molecule has 2 atom stereocenters. The summed E-state index contributed by atoms with van der Waals surface area (Å²) in [5, 5.41) is 0.157. The van der Waals surface area contributed by atoms with E-state index in [1.807, 2.05) is 0 Å². The topological polar surface area (TPSA) is 63.4 Å². The molecule has 1 saturated heterocycles. The van der Waals surface area contributed by atoms with Crippen molar-refractivity contribution in [3.05, 3.63) is 27.4 Å². The summed E-state index contributed by atoms with van der Waals surface area (Å²) in [4.78, 5) is -0.400. The van der Waals surface area contributed by atoms with Crippen LogP contribution in [-0.4, -0.2) is 31.4 Å². The molecule has 0 aromatic heterocycles. The zero-order valence-corrected chi connectivity index (χ0v) is 14.7. The van der Waals surface area contributed by atoms with Gasteiger partial charge < -0.3 is 5.73 Å². The maximum atomic E-state index is 14.1. The predicted octanol–water partition coefficient (Wildman–Crippen LogP) is 3.13. The van der Waals surface area contributed by atoms with Crippen LogP contribution in [0.2, 0.25) is 5.02 Å². The first kappa shape index (κ1) is 17.1. The number of nitrogens with two attached hydrogens (primary N) is 1. The van der Waals surface area contributed by atoms with Crippen molar-refractivity contribution >= 4 is 37.6 Å². The molecule has 1 fully saturated rings. The third kappa shape index (κ3) is 3.42. The quantitative estimate of drug-likeness (QED) is 0.794. The van der Waals surface area contributed by atoms with Crippen LogP contribution in [-0.2, 0) is 10.0 Å². The van der Waals surface area contributed by atoms with Crippen LogP contribution in [0.15, 0.2) is 21.5 Å². The molecule has 1 aromatic rings. The van der Waals surface area contributed by atoms with Gasteiger partial charge in [0.15, 0.2) is 0 Å². The maximum absolute atomic E-state index is 14.1. The first-order chi connectivity index (χ1) is 9.75. The average Bonchev–Trinajstić information content (AvgIpc) is 2.42. The Balaban J connectivity index is 2.48. The van der Waals surface area contributed by atoms with Crippen LogP contribution in [0.5, 0.6) is 0 Å². The van der Waals surface area contributed by atoms with Gasteiger partial charge in [-0.3, -0.25) is 0 Å². The Morgan fingerprint density at radius 3 is 2.76 bits per heavy atom. The molecule has 1 aliphatic rings. The van der Waals surface area contributed by atoms with Gasteiger partial charge in [0.05, 0.1) is 5.02 Å². The van der Waals surface area contributed by atoms with Gasteiger partial charge in [0.2, 0.25) is 10.0 Å². The Morgan fingerprint density at radius 1 is 1.48 bits per heavy atom. The van der Waals surface area contributed by atoms with Gasteiger partial charge in [-0.15, -0.1) is 0 Å². The van der Waals surface area contributed by atoms with Crippen molar-refractivity contribution in [2.45, 2.75) is 43.2 Å². The van der Waals surface area contributed by atoms with Gasteiger partial charge in [-0.05, 0) is 47.8 Å². The fourth-order valence-corrected chi connectivity index (χ4v) is 4.97. The van der Waals surface area contributed by atoms with Crippen LogP contribution >= 0.6 is 27.5 Å². The third-order valence-corrected chi connectivity index (χ3v) is 6.80. The molecule has 0 radical (unpaired) electrons. The molecule has 1 heterocycles. The number of halogens is 3. The Bertz CT molecular complexity index is 639. The number of benzene rings is 1. The average molecular weight is 400 g/mol.